The average Bonchev–Trinajstić information content (AvgIpc) is 2.77. The first kappa shape index (κ1) is 12.4. The molecule has 0 radical (unpaired) electrons. The molecule has 0 spiro atoms. The zero-order valence-electron chi connectivity index (χ0n) is 10.1. The number of aliphatic imine (C=N–C) groups is 1. The first-order valence-electron chi connectivity index (χ1n) is 5.95. The molecule has 2 heterocycles. The van der Waals surface area contributed by atoms with Gasteiger partial charge in [0.05, 0.1) is 5.70 Å². The molecule has 18 heavy (non-hydrogen) atoms. The van der Waals surface area contributed by atoms with E-state index in [4.69, 9.17) is 4.74 Å². The van der Waals surface area contributed by atoms with Gasteiger partial charge in [-0.25, -0.2) is 9.79 Å². The normalized spacial score (nSPS) is 22.7. The van der Waals surface area contributed by atoms with Crippen molar-refractivity contribution in [2.75, 3.05) is 0 Å². The smallest absolute Gasteiger partial charge is 0.320 e. The standard InChI is InChI=1S/C11H16N4O3/c1-2-3-4-8(18-6-16)10-13-7-5-12-11(17)15-9(7)14-10/h5-6,8-9H,2-4H2,1H3,(H,13,14)(H2,12,15,17). The Hall–Kier alpha value is -2.05. The van der Waals surface area contributed by atoms with Crippen LogP contribution in [0.25, 0.3) is 0 Å². The van der Waals surface area contributed by atoms with Gasteiger partial charge in [0.1, 0.15) is 5.84 Å². The lowest BCUT2D eigenvalue weighted by Gasteiger charge is -2.17. The highest BCUT2D eigenvalue weighted by Gasteiger charge is 2.31. The minimum Gasteiger partial charge on any atom is -0.456 e. The van der Waals surface area contributed by atoms with Crippen LogP contribution in [0.15, 0.2) is 16.9 Å². The molecule has 2 aliphatic rings. The molecule has 0 aromatic rings. The number of hydrogen-bond acceptors (Lipinski definition) is 5. The zero-order chi connectivity index (χ0) is 13.0. The monoisotopic (exact) mass is 252 g/mol. The summed E-state index contributed by atoms with van der Waals surface area (Å²) in [5, 5.41) is 8.24. The second kappa shape index (κ2) is 5.52. The van der Waals surface area contributed by atoms with E-state index in [0.717, 1.165) is 18.5 Å². The van der Waals surface area contributed by atoms with Gasteiger partial charge in [0, 0.05) is 6.20 Å². The fourth-order valence-corrected chi connectivity index (χ4v) is 1.88. The van der Waals surface area contributed by atoms with Crippen molar-refractivity contribution in [1.82, 2.24) is 16.0 Å². The van der Waals surface area contributed by atoms with Crippen molar-refractivity contribution in [3.63, 3.8) is 0 Å². The number of rotatable bonds is 6. The van der Waals surface area contributed by atoms with Crippen LogP contribution in [0.4, 0.5) is 4.79 Å². The maximum atomic E-state index is 11.1. The van der Waals surface area contributed by atoms with Gasteiger partial charge < -0.3 is 20.7 Å². The summed E-state index contributed by atoms with van der Waals surface area (Å²) in [6.45, 7) is 2.49. The number of fused-ring (bicyclic) bond motifs is 1. The van der Waals surface area contributed by atoms with Crippen LogP contribution in [0.3, 0.4) is 0 Å². The van der Waals surface area contributed by atoms with Crippen LogP contribution < -0.4 is 16.0 Å². The van der Waals surface area contributed by atoms with Gasteiger partial charge in [-0.3, -0.25) is 4.79 Å². The molecular formula is C11H16N4O3. The Balaban J connectivity index is 2.05. The second-order valence-electron chi connectivity index (χ2n) is 4.12. The van der Waals surface area contributed by atoms with Gasteiger partial charge >= 0.3 is 6.03 Å². The summed E-state index contributed by atoms with van der Waals surface area (Å²) in [4.78, 5) is 25.9. The van der Waals surface area contributed by atoms with Crippen LogP contribution in [0.5, 0.6) is 0 Å². The number of nitrogens with one attached hydrogen (secondary N) is 3. The number of nitrogens with zero attached hydrogens (tertiary/aromatic N) is 1. The molecule has 98 valence electrons. The fraction of sp³-hybridized carbons (Fsp3) is 0.545. The second-order valence-corrected chi connectivity index (χ2v) is 4.12. The third-order valence-electron chi connectivity index (χ3n) is 2.81. The van der Waals surface area contributed by atoms with Crippen molar-refractivity contribution < 1.29 is 14.3 Å². The first-order valence-corrected chi connectivity index (χ1v) is 5.95. The number of hydrogen-bond donors (Lipinski definition) is 3. The van der Waals surface area contributed by atoms with E-state index in [0.29, 0.717) is 18.7 Å². The third kappa shape index (κ3) is 2.61. The van der Waals surface area contributed by atoms with E-state index < -0.39 is 6.17 Å². The highest BCUT2D eigenvalue weighted by Crippen LogP contribution is 2.15. The van der Waals surface area contributed by atoms with E-state index in [9.17, 15) is 9.59 Å². The number of carbonyl (C=O) groups excluding carboxylic acids is 2. The Bertz CT molecular complexity index is 405. The lowest BCUT2D eigenvalue weighted by molar-refractivity contribution is -0.131. The maximum absolute atomic E-state index is 11.1. The number of urea groups is 1. The van der Waals surface area contributed by atoms with Gasteiger partial charge in [-0.15, -0.1) is 0 Å². The highest BCUT2D eigenvalue weighted by molar-refractivity contribution is 5.92. The summed E-state index contributed by atoms with van der Waals surface area (Å²) in [6.07, 6.45) is 3.43. The summed E-state index contributed by atoms with van der Waals surface area (Å²) >= 11 is 0. The molecule has 0 saturated heterocycles. The van der Waals surface area contributed by atoms with Crippen molar-refractivity contribution in [3.05, 3.63) is 11.9 Å². The summed E-state index contributed by atoms with van der Waals surface area (Å²) in [5.74, 6) is 0.579. The number of amides is 2. The van der Waals surface area contributed by atoms with Gasteiger partial charge in [-0.1, -0.05) is 13.3 Å². The molecule has 2 unspecified atom stereocenters. The van der Waals surface area contributed by atoms with Crippen molar-refractivity contribution in [1.29, 1.82) is 0 Å². The van der Waals surface area contributed by atoms with Crippen LogP contribution in [-0.4, -0.2) is 30.6 Å². The molecule has 0 saturated carbocycles. The van der Waals surface area contributed by atoms with Crippen LogP contribution in [-0.2, 0) is 9.53 Å². The van der Waals surface area contributed by atoms with Crippen molar-refractivity contribution in [2.45, 2.75) is 38.5 Å². The number of ether oxygens (including phenoxy) is 1. The van der Waals surface area contributed by atoms with Gasteiger partial charge in [-0.05, 0) is 12.8 Å². The van der Waals surface area contributed by atoms with Gasteiger partial charge in [0.15, 0.2) is 12.3 Å². The topological polar surface area (TPSA) is 91.8 Å². The SMILES string of the molecule is CCCCC(OC=O)C1=NC2NC(=O)NC=C2N1. The molecule has 2 rings (SSSR count). The summed E-state index contributed by atoms with van der Waals surface area (Å²) in [6, 6.07) is -0.294. The van der Waals surface area contributed by atoms with Crippen molar-refractivity contribution in [2.24, 2.45) is 4.99 Å². The molecule has 2 atom stereocenters. The van der Waals surface area contributed by atoms with E-state index in [1.165, 1.54) is 0 Å². The molecule has 7 nitrogen and oxygen atoms in total. The highest BCUT2D eigenvalue weighted by atomic mass is 16.5. The minimum atomic E-state index is -0.409. The predicted molar refractivity (Wildman–Crippen MR) is 64.6 cm³/mol. The molecule has 0 bridgehead atoms. The molecule has 0 aromatic heterocycles. The largest absolute Gasteiger partial charge is 0.456 e. The van der Waals surface area contributed by atoms with E-state index >= 15 is 0 Å². The third-order valence-corrected chi connectivity index (χ3v) is 2.81. The van der Waals surface area contributed by atoms with Gasteiger partial charge in [0.25, 0.3) is 6.47 Å². The quantitative estimate of drug-likeness (QED) is 0.589. The van der Waals surface area contributed by atoms with Gasteiger partial charge in [-0.2, -0.15) is 0 Å². The van der Waals surface area contributed by atoms with Crippen molar-refractivity contribution >= 4 is 18.3 Å². The molecule has 3 N–H and O–H groups in total. The number of unbranched alkanes of at least 4 members (excludes halogenated alkanes) is 1. The average molecular weight is 252 g/mol. The Kier molecular flexibility index (Phi) is 3.81. The lowest BCUT2D eigenvalue weighted by atomic mass is 10.1. The maximum Gasteiger partial charge on any atom is 0.320 e. The van der Waals surface area contributed by atoms with Crippen molar-refractivity contribution in [3.8, 4) is 0 Å². The molecule has 2 amide bonds. The number of amidine groups is 1. The Morgan fingerprint density at radius 1 is 1.61 bits per heavy atom. The Labute approximate surface area is 105 Å². The molecule has 2 aliphatic heterocycles. The minimum absolute atomic E-state index is 0.294. The van der Waals surface area contributed by atoms with E-state index in [1.807, 2.05) is 0 Å². The fourth-order valence-electron chi connectivity index (χ4n) is 1.88. The van der Waals surface area contributed by atoms with E-state index in [-0.39, 0.29) is 12.1 Å². The van der Waals surface area contributed by atoms with Gasteiger partial charge in [0.2, 0.25) is 0 Å². The summed E-state index contributed by atoms with van der Waals surface area (Å²) in [5.41, 5.74) is 0.751. The molecule has 7 heteroatoms. The van der Waals surface area contributed by atoms with Crippen LogP contribution in [0.2, 0.25) is 0 Å². The van der Waals surface area contributed by atoms with Crippen LogP contribution in [0.1, 0.15) is 26.2 Å². The molecule has 0 aromatic carbocycles. The lowest BCUT2D eigenvalue weighted by Crippen LogP contribution is -2.45. The van der Waals surface area contributed by atoms with E-state index in [1.54, 1.807) is 6.20 Å². The van der Waals surface area contributed by atoms with Crippen LogP contribution in [0, 0.1) is 0 Å². The predicted octanol–water partition coefficient (Wildman–Crippen LogP) is 0.200. The molecule has 0 fully saturated rings. The number of carbonyl (C=O) groups is 2. The Morgan fingerprint density at radius 3 is 3.17 bits per heavy atom. The van der Waals surface area contributed by atoms with Crippen LogP contribution >= 0.6 is 0 Å². The summed E-state index contributed by atoms with van der Waals surface area (Å²) < 4.78 is 5.03. The first-order chi connectivity index (χ1) is 8.74. The molecule has 0 aliphatic carbocycles. The molecular weight excluding hydrogens is 236 g/mol. The van der Waals surface area contributed by atoms with E-state index in [2.05, 4.69) is 27.9 Å². The zero-order valence-corrected chi connectivity index (χ0v) is 10.1. The summed E-state index contributed by atoms with van der Waals surface area (Å²) in [7, 11) is 0. The Morgan fingerprint density at radius 2 is 2.44 bits per heavy atom.